The summed E-state index contributed by atoms with van der Waals surface area (Å²) in [6.45, 7) is 1.63. The zero-order chi connectivity index (χ0) is 15.2. The average Bonchev–Trinajstić information content (AvgIpc) is 2.98. The predicted molar refractivity (Wildman–Crippen MR) is 70.1 cm³/mol. The summed E-state index contributed by atoms with van der Waals surface area (Å²) in [5, 5.41) is 0. The molecule has 0 bridgehead atoms. The van der Waals surface area contributed by atoms with E-state index in [9.17, 15) is 18.0 Å². The number of carbonyl (C=O) groups is 1. The number of alkyl halides is 2. The second-order valence-electron chi connectivity index (χ2n) is 5.91. The molecule has 0 radical (unpaired) electrons. The van der Waals surface area contributed by atoms with Crippen LogP contribution in [-0.2, 0) is 4.79 Å². The molecule has 3 rings (SSSR count). The number of carbonyl (C=O) groups excluding carboxylic acids is 1. The second-order valence-corrected chi connectivity index (χ2v) is 5.91. The Labute approximate surface area is 121 Å². The lowest BCUT2D eigenvalue weighted by Gasteiger charge is -2.29. The third-order valence-corrected chi connectivity index (χ3v) is 4.92. The highest BCUT2D eigenvalue weighted by molar-refractivity contribution is 5.86. The van der Waals surface area contributed by atoms with Crippen molar-refractivity contribution < 1.29 is 18.0 Å². The molecule has 0 aromatic carbocycles. The Morgan fingerprint density at radius 1 is 1.43 bits per heavy atom. The van der Waals surface area contributed by atoms with Crippen molar-refractivity contribution in [2.24, 2.45) is 5.41 Å². The number of aromatic nitrogens is 1. The summed E-state index contributed by atoms with van der Waals surface area (Å²) in [4.78, 5) is 17.9. The van der Waals surface area contributed by atoms with E-state index in [1.54, 1.807) is 11.8 Å². The smallest absolute Gasteiger partial charge is 0.252 e. The van der Waals surface area contributed by atoms with Gasteiger partial charge in [-0.3, -0.25) is 9.78 Å². The first kappa shape index (κ1) is 14.4. The highest BCUT2D eigenvalue weighted by atomic mass is 19.3. The lowest BCUT2D eigenvalue weighted by molar-refractivity contribution is -0.146. The molecule has 114 valence electrons. The Morgan fingerprint density at radius 3 is 2.81 bits per heavy atom. The van der Waals surface area contributed by atoms with Gasteiger partial charge in [0.1, 0.15) is 11.2 Å². The van der Waals surface area contributed by atoms with E-state index in [2.05, 4.69) is 4.98 Å². The number of hydrogen-bond acceptors (Lipinski definition) is 2. The normalized spacial score (nSPS) is 32.0. The molecule has 2 fully saturated rings. The highest BCUT2D eigenvalue weighted by Gasteiger charge is 2.59. The van der Waals surface area contributed by atoms with Crippen LogP contribution in [0.2, 0.25) is 0 Å². The summed E-state index contributed by atoms with van der Waals surface area (Å²) >= 11 is 0. The first-order valence-electron chi connectivity index (χ1n) is 7.21. The van der Waals surface area contributed by atoms with Gasteiger partial charge in [0.2, 0.25) is 5.91 Å². The van der Waals surface area contributed by atoms with Gasteiger partial charge < -0.3 is 4.90 Å². The lowest BCUT2D eigenvalue weighted by Crippen LogP contribution is -2.40. The second kappa shape index (κ2) is 5.00. The summed E-state index contributed by atoms with van der Waals surface area (Å²) in [5.41, 5.74) is -0.976. The van der Waals surface area contributed by atoms with Crippen LogP contribution >= 0.6 is 0 Å². The van der Waals surface area contributed by atoms with Crippen molar-refractivity contribution in [1.82, 2.24) is 9.88 Å². The van der Waals surface area contributed by atoms with Gasteiger partial charge in [0.15, 0.2) is 0 Å². The van der Waals surface area contributed by atoms with Gasteiger partial charge in [0, 0.05) is 12.2 Å². The van der Waals surface area contributed by atoms with Crippen LogP contribution in [-0.4, -0.2) is 28.3 Å². The van der Waals surface area contributed by atoms with Crippen LogP contribution in [0.1, 0.15) is 44.2 Å². The quantitative estimate of drug-likeness (QED) is 0.857. The maximum atomic E-state index is 13.4. The first-order valence-corrected chi connectivity index (χ1v) is 7.21. The third kappa shape index (κ3) is 2.03. The van der Waals surface area contributed by atoms with Crippen LogP contribution in [0.25, 0.3) is 0 Å². The van der Waals surface area contributed by atoms with Crippen LogP contribution in [0.15, 0.2) is 18.5 Å². The molecule has 0 saturated carbocycles. The van der Waals surface area contributed by atoms with E-state index in [0.717, 1.165) is 6.20 Å². The zero-order valence-electron chi connectivity index (χ0n) is 11.7. The number of amides is 1. The first-order chi connectivity index (χ1) is 9.99. The molecule has 3 nitrogen and oxygen atoms in total. The average molecular weight is 298 g/mol. The Bertz CT molecular complexity index is 566. The van der Waals surface area contributed by atoms with Gasteiger partial charge in [-0.05, 0) is 37.3 Å². The monoisotopic (exact) mass is 298 g/mol. The minimum absolute atomic E-state index is 0.130. The van der Waals surface area contributed by atoms with E-state index < -0.39 is 23.6 Å². The molecule has 0 aliphatic carbocycles. The minimum Gasteiger partial charge on any atom is -0.332 e. The van der Waals surface area contributed by atoms with E-state index in [4.69, 9.17) is 0 Å². The van der Waals surface area contributed by atoms with E-state index in [0.29, 0.717) is 18.4 Å². The number of hydrogen-bond donors (Lipinski definition) is 0. The van der Waals surface area contributed by atoms with E-state index in [1.807, 2.05) is 0 Å². The van der Waals surface area contributed by atoms with Crippen LogP contribution < -0.4 is 0 Å². The molecule has 1 aromatic heterocycles. The number of rotatable bonds is 3. The van der Waals surface area contributed by atoms with Crippen molar-refractivity contribution in [2.75, 3.05) is 0 Å². The van der Waals surface area contributed by atoms with Crippen molar-refractivity contribution in [3.8, 4) is 0 Å². The van der Waals surface area contributed by atoms with Gasteiger partial charge in [0.05, 0.1) is 12.2 Å². The molecule has 21 heavy (non-hydrogen) atoms. The predicted octanol–water partition coefficient (Wildman–Crippen LogP) is 3.32. The Balaban J connectivity index is 1.94. The van der Waals surface area contributed by atoms with Crippen LogP contribution in [0.5, 0.6) is 0 Å². The van der Waals surface area contributed by atoms with Crippen molar-refractivity contribution in [1.29, 1.82) is 0 Å². The van der Waals surface area contributed by atoms with Gasteiger partial charge in [-0.25, -0.2) is 13.2 Å². The SMILES string of the molecule is CCC1(C(F)F)C[C@H]2CC[C@H](c3cncc(F)c3)N2C1=O. The van der Waals surface area contributed by atoms with Crippen molar-refractivity contribution in [3.63, 3.8) is 0 Å². The summed E-state index contributed by atoms with van der Waals surface area (Å²) in [7, 11) is 0. The number of pyridine rings is 1. The van der Waals surface area contributed by atoms with Crippen LogP contribution in [0, 0.1) is 11.2 Å². The fraction of sp³-hybridized carbons (Fsp3) is 0.600. The van der Waals surface area contributed by atoms with Crippen LogP contribution in [0.3, 0.4) is 0 Å². The Morgan fingerprint density at radius 2 is 2.19 bits per heavy atom. The molecule has 0 N–H and O–H groups in total. The number of halogens is 3. The fourth-order valence-corrected chi connectivity index (χ4v) is 3.73. The lowest BCUT2D eigenvalue weighted by atomic mass is 9.81. The molecule has 3 heterocycles. The van der Waals surface area contributed by atoms with Gasteiger partial charge in [-0.2, -0.15) is 0 Å². The van der Waals surface area contributed by atoms with Gasteiger partial charge >= 0.3 is 0 Å². The third-order valence-electron chi connectivity index (χ3n) is 4.92. The number of nitrogens with zero attached hydrogens (tertiary/aromatic N) is 2. The van der Waals surface area contributed by atoms with E-state index in [1.165, 1.54) is 12.3 Å². The topological polar surface area (TPSA) is 33.2 Å². The maximum Gasteiger partial charge on any atom is 0.252 e. The van der Waals surface area contributed by atoms with Crippen molar-refractivity contribution in [3.05, 3.63) is 29.8 Å². The summed E-state index contributed by atoms with van der Waals surface area (Å²) < 4.78 is 40.2. The van der Waals surface area contributed by atoms with Gasteiger partial charge in [0.25, 0.3) is 6.43 Å². The molecule has 1 amide bonds. The van der Waals surface area contributed by atoms with E-state index in [-0.39, 0.29) is 24.9 Å². The highest BCUT2D eigenvalue weighted by Crippen LogP contribution is 2.52. The van der Waals surface area contributed by atoms with Crippen molar-refractivity contribution in [2.45, 2.75) is 51.1 Å². The molecule has 1 aromatic rings. The summed E-state index contributed by atoms with van der Waals surface area (Å²) in [5.74, 6) is -0.963. The summed E-state index contributed by atoms with van der Waals surface area (Å²) in [6.07, 6.45) is 1.62. The molecular formula is C15H17F3N2O. The number of fused-ring (bicyclic) bond motifs is 1. The standard InChI is InChI=1S/C15H17F3N2O/c1-2-15(13(17)18)6-11-3-4-12(20(11)14(15)21)9-5-10(16)8-19-7-9/h5,7-8,11-13H,2-4,6H2,1H3/t11-,12-,15?/m1/s1. The molecule has 6 heteroatoms. The van der Waals surface area contributed by atoms with E-state index >= 15 is 0 Å². The molecular weight excluding hydrogens is 281 g/mol. The maximum absolute atomic E-state index is 13.4. The van der Waals surface area contributed by atoms with Crippen molar-refractivity contribution >= 4 is 5.91 Å². The minimum atomic E-state index is -2.66. The van der Waals surface area contributed by atoms with Crippen LogP contribution in [0.4, 0.5) is 13.2 Å². The Kier molecular flexibility index (Phi) is 3.42. The van der Waals surface area contributed by atoms with Gasteiger partial charge in [-0.1, -0.05) is 6.92 Å². The molecule has 2 aliphatic heterocycles. The molecule has 1 unspecified atom stereocenters. The zero-order valence-corrected chi connectivity index (χ0v) is 11.7. The fourth-order valence-electron chi connectivity index (χ4n) is 3.73. The van der Waals surface area contributed by atoms with Gasteiger partial charge in [-0.15, -0.1) is 0 Å². The molecule has 0 spiro atoms. The largest absolute Gasteiger partial charge is 0.332 e. The molecule has 2 aliphatic rings. The summed E-state index contributed by atoms with van der Waals surface area (Å²) in [6, 6.07) is 0.833. The molecule has 2 saturated heterocycles. The Hall–Kier alpha value is -1.59. The molecule has 3 atom stereocenters.